The third kappa shape index (κ3) is 3.29. The van der Waals surface area contributed by atoms with Crippen LogP contribution in [0.2, 0.25) is 5.02 Å². The highest BCUT2D eigenvalue weighted by Crippen LogP contribution is 2.26. The molecule has 2 rings (SSSR count). The minimum Gasteiger partial charge on any atom is -0.378 e. The van der Waals surface area contributed by atoms with E-state index >= 15 is 0 Å². The van der Waals surface area contributed by atoms with E-state index < -0.39 is 0 Å². The summed E-state index contributed by atoms with van der Waals surface area (Å²) in [5.74, 6) is -0.164. The quantitative estimate of drug-likeness (QED) is 0.525. The first-order valence-electron chi connectivity index (χ1n) is 6.55. The molecule has 1 aromatic rings. The Bertz CT molecular complexity index is 492. The number of piperidine rings is 1. The van der Waals surface area contributed by atoms with Crippen LogP contribution in [0.5, 0.6) is 0 Å². The number of aryl methyl sites for hydroxylation is 1. The molecule has 20 heavy (non-hydrogen) atoms. The van der Waals surface area contributed by atoms with E-state index in [1.165, 1.54) is 0 Å². The molecule has 3 N–H and O–H groups in total. The van der Waals surface area contributed by atoms with E-state index in [1.54, 1.807) is 7.11 Å². The van der Waals surface area contributed by atoms with Crippen molar-refractivity contribution in [3.05, 3.63) is 22.0 Å². The molecule has 0 aliphatic carbocycles. The summed E-state index contributed by atoms with van der Waals surface area (Å²) in [5, 5.41) is 6.80. The van der Waals surface area contributed by atoms with Gasteiger partial charge in [0, 0.05) is 29.3 Å². The fourth-order valence-corrected chi connectivity index (χ4v) is 3.95. The Morgan fingerprint density at radius 1 is 1.60 bits per heavy atom. The first kappa shape index (κ1) is 16.1. The largest absolute Gasteiger partial charge is 0.378 e. The highest BCUT2D eigenvalue weighted by atomic mass is 127. The number of hydrogen-bond donors (Lipinski definition) is 3. The molecule has 5 nitrogen and oxygen atoms in total. The molecule has 2 heterocycles. The lowest BCUT2D eigenvalue weighted by molar-refractivity contribution is 0.0475. The lowest BCUT2D eigenvalue weighted by Crippen LogP contribution is -2.53. The van der Waals surface area contributed by atoms with Gasteiger partial charge < -0.3 is 20.4 Å². The van der Waals surface area contributed by atoms with Gasteiger partial charge in [0.1, 0.15) is 5.69 Å². The standard InChI is InChI=1S/C13H19ClIN3O2/c1-7-8(5-15)11(14)12(17-7)13(19)18-9-3-4-16-6-10(9)20-2/h9-10,16-17H,3-6H2,1-2H3,(H,18,19). The van der Waals surface area contributed by atoms with E-state index in [4.69, 9.17) is 16.3 Å². The van der Waals surface area contributed by atoms with Gasteiger partial charge in [-0.15, -0.1) is 0 Å². The lowest BCUT2D eigenvalue weighted by atomic mass is 10.0. The van der Waals surface area contributed by atoms with E-state index in [2.05, 4.69) is 38.2 Å². The molecule has 0 aromatic carbocycles. The number of amides is 1. The van der Waals surface area contributed by atoms with Crippen LogP contribution in [0.4, 0.5) is 0 Å². The highest BCUT2D eigenvalue weighted by molar-refractivity contribution is 14.1. The van der Waals surface area contributed by atoms with Crippen molar-refractivity contribution in [3.63, 3.8) is 0 Å². The summed E-state index contributed by atoms with van der Waals surface area (Å²) in [5.41, 5.74) is 2.39. The third-order valence-electron chi connectivity index (χ3n) is 3.66. The van der Waals surface area contributed by atoms with Gasteiger partial charge in [-0.3, -0.25) is 4.79 Å². The van der Waals surface area contributed by atoms with Gasteiger partial charge in [0.2, 0.25) is 0 Å². The van der Waals surface area contributed by atoms with Gasteiger partial charge in [-0.1, -0.05) is 34.2 Å². The van der Waals surface area contributed by atoms with Crippen LogP contribution >= 0.6 is 34.2 Å². The Morgan fingerprint density at radius 2 is 2.35 bits per heavy atom. The number of aromatic nitrogens is 1. The third-order valence-corrected chi connectivity index (χ3v) is 4.84. The van der Waals surface area contributed by atoms with Crippen molar-refractivity contribution in [1.82, 2.24) is 15.6 Å². The maximum absolute atomic E-state index is 12.4. The summed E-state index contributed by atoms with van der Waals surface area (Å²) in [6, 6.07) is 0.0106. The van der Waals surface area contributed by atoms with Crippen LogP contribution in [0.1, 0.15) is 28.2 Å². The molecule has 0 radical (unpaired) electrons. The van der Waals surface area contributed by atoms with Gasteiger partial charge in [-0.05, 0) is 19.9 Å². The molecule has 0 spiro atoms. The molecule has 112 valence electrons. The lowest BCUT2D eigenvalue weighted by Gasteiger charge is -2.31. The number of carbonyl (C=O) groups excluding carboxylic acids is 1. The summed E-state index contributed by atoms with van der Waals surface area (Å²) in [4.78, 5) is 15.5. The number of alkyl halides is 1. The van der Waals surface area contributed by atoms with Gasteiger partial charge >= 0.3 is 0 Å². The number of nitrogens with one attached hydrogen (secondary N) is 3. The second kappa shape index (κ2) is 7.11. The average Bonchev–Trinajstić information content (AvgIpc) is 2.74. The van der Waals surface area contributed by atoms with Crippen molar-refractivity contribution in [2.24, 2.45) is 0 Å². The molecular formula is C13H19ClIN3O2. The van der Waals surface area contributed by atoms with Crippen molar-refractivity contribution in [1.29, 1.82) is 0 Å². The minimum absolute atomic E-state index is 0.00780. The predicted molar refractivity (Wildman–Crippen MR) is 87.8 cm³/mol. The molecule has 1 aliphatic rings. The van der Waals surface area contributed by atoms with Crippen LogP contribution in [-0.4, -0.2) is 43.2 Å². The first-order chi connectivity index (χ1) is 9.58. The minimum atomic E-state index is -0.164. The normalized spacial score (nSPS) is 22.8. The van der Waals surface area contributed by atoms with E-state index in [0.29, 0.717) is 10.7 Å². The first-order valence-corrected chi connectivity index (χ1v) is 8.46. The Labute approximate surface area is 137 Å². The van der Waals surface area contributed by atoms with Gasteiger partial charge in [0.05, 0.1) is 17.2 Å². The highest BCUT2D eigenvalue weighted by Gasteiger charge is 2.28. The number of carbonyl (C=O) groups is 1. The van der Waals surface area contributed by atoms with Crippen LogP contribution in [0.15, 0.2) is 0 Å². The van der Waals surface area contributed by atoms with Gasteiger partial charge in [0.25, 0.3) is 5.91 Å². The molecule has 7 heteroatoms. The fourth-order valence-electron chi connectivity index (χ4n) is 2.43. The Kier molecular flexibility index (Phi) is 5.71. The van der Waals surface area contributed by atoms with Crippen LogP contribution in [0.25, 0.3) is 0 Å². The summed E-state index contributed by atoms with van der Waals surface area (Å²) in [6.45, 7) is 3.55. The monoisotopic (exact) mass is 411 g/mol. The zero-order chi connectivity index (χ0) is 14.7. The van der Waals surface area contributed by atoms with Gasteiger partial charge in [0.15, 0.2) is 0 Å². The molecule has 1 aromatic heterocycles. The Hall–Kier alpha value is -0.310. The number of hydrogen-bond acceptors (Lipinski definition) is 3. The molecule has 1 fully saturated rings. The second-order valence-corrected chi connectivity index (χ2v) is 6.04. The molecule has 2 atom stereocenters. The van der Waals surface area contributed by atoms with Crippen molar-refractivity contribution in [2.45, 2.75) is 29.9 Å². The van der Waals surface area contributed by atoms with Crippen LogP contribution < -0.4 is 10.6 Å². The van der Waals surface area contributed by atoms with Crippen LogP contribution in [-0.2, 0) is 9.16 Å². The predicted octanol–water partition coefficient (Wildman–Crippen LogP) is 2.02. The van der Waals surface area contributed by atoms with E-state index in [-0.39, 0.29) is 18.1 Å². The van der Waals surface area contributed by atoms with Crippen LogP contribution in [0.3, 0.4) is 0 Å². The molecular weight excluding hydrogens is 393 g/mol. The SMILES string of the molecule is COC1CNCCC1NC(=O)c1[nH]c(C)c(CI)c1Cl. The van der Waals surface area contributed by atoms with Crippen molar-refractivity contribution >= 4 is 40.1 Å². The summed E-state index contributed by atoms with van der Waals surface area (Å²) in [6.07, 6.45) is 0.840. The average molecular weight is 412 g/mol. The Balaban J connectivity index is 2.11. The molecule has 0 bridgehead atoms. The smallest absolute Gasteiger partial charge is 0.269 e. The van der Waals surface area contributed by atoms with Gasteiger partial charge in [-0.2, -0.15) is 0 Å². The van der Waals surface area contributed by atoms with Crippen LogP contribution in [0, 0.1) is 6.92 Å². The van der Waals surface area contributed by atoms with E-state index in [0.717, 1.165) is 35.2 Å². The van der Waals surface area contributed by atoms with Crippen molar-refractivity contribution in [2.75, 3.05) is 20.2 Å². The Morgan fingerprint density at radius 3 is 2.95 bits per heavy atom. The number of rotatable bonds is 4. The maximum Gasteiger partial charge on any atom is 0.269 e. The summed E-state index contributed by atoms with van der Waals surface area (Å²) in [7, 11) is 1.66. The second-order valence-electron chi connectivity index (χ2n) is 4.90. The summed E-state index contributed by atoms with van der Waals surface area (Å²) >= 11 is 8.51. The number of methoxy groups -OCH3 is 1. The van der Waals surface area contributed by atoms with Crippen molar-refractivity contribution in [3.8, 4) is 0 Å². The molecule has 1 amide bonds. The zero-order valence-electron chi connectivity index (χ0n) is 11.6. The number of ether oxygens (including phenoxy) is 1. The molecule has 1 aliphatic heterocycles. The number of H-pyrrole nitrogens is 1. The van der Waals surface area contributed by atoms with E-state index in [1.807, 2.05) is 6.92 Å². The number of halogens is 2. The maximum atomic E-state index is 12.4. The molecule has 2 unspecified atom stereocenters. The fraction of sp³-hybridized carbons (Fsp3) is 0.615. The van der Waals surface area contributed by atoms with Crippen molar-refractivity contribution < 1.29 is 9.53 Å². The zero-order valence-corrected chi connectivity index (χ0v) is 14.5. The topological polar surface area (TPSA) is 66.2 Å². The summed E-state index contributed by atoms with van der Waals surface area (Å²) < 4.78 is 6.18. The van der Waals surface area contributed by atoms with Gasteiger partial charge in [-0.25, -0.2) is 0 Å². The number of aromatic amines is 1. The molecule has 0 saturated carbocycles. The molecule has 1 saturated heterocycles. The van der Waals surface area contributed by atoms with E-state index in [9.17, 15) is 4.79 Å².